The van der Waals surface area contributed by atoms with E-state index < -0.39 is 11.9 Å². The predicted octanol–water partition coefficient (Wildman–Crippen LogP) is 3.88. The zero-order valence-electron chi connectivity index (χ0n) is 12.3. The Balaban J connectivity index is 2.20. The molecule has 0 bridgehead atoms. The Kier molecular flexibility index (Phi) is 4.99. The topological polar surface area (TPSA) is 46.5 Å². The third-order valence-corrected chi connectivity index (χ3v) is 3.21. The Labute approximate surface area is 125 Å². The van der Waals surface area contributed by atoms with Crippen LogP contribution in [0.1, 0.15) is 30.9 Å². The third-order valence-electron chi connectivity index (χ3n) is 3.21. The van der Waals surface area contributed by atoms with Crippen molar-refractivity contribution < 1.29 is 14.6 Å². The van der Waals surface area contributed by atoms with E-state index in [-0.39, 0.29) is 6.10 Å². The number of benzene rings is 2. The second-order valence-electron chi connectivity index (χ2n) is 5.32. The van der Waals surface area contributed by atoms with Crippen LogP contribution in [0.2, 0.25) is 0 Å². The monoisotopic (exact) mass is 284 g/mol. The van der Waals surface area contributed by atoms with Gasteiger partial charge in [0, 0.05) is 0 Å². The van der Waals surface area contributed by atoms with Crippen LogP contribution in [0.25, 0.3) is 0 Å². The van der Waals surface area contributed by atoms with Gasteiger partial charge >= 0.3 is 5.97 Å². The zero-order chi connectivity index (χ0) is 15.2. The van der Waals surface area contributed by atoms with E-state index in [2.05, 4.69) is 0 Å². The van der Waals surface area contributed by atoms with E-state index in [0.717, 1.165) is 16.9 Å². The van der Waals surface area contributed by atoms with Crippen molar-refractivity contribution in [3.05, 3.63) is 65.7 Å². The first-order valence-electron chi connectivity index (χ1n) is 7.09. The summed E-state index contributed by atoms with van der Waals surface area (Å²) in [6.45, 7) is 3.94. The van der Waals surface area contributed by atoms with Crippen LogP contribution in [0, 0.1) is 0 Å². The Morgan fingerprint density at radius 2 is 1.81 bits per heavy atom. The van der Waals surface area contributed by atoms with E-state index in [1.165, 1.54) is 0 Å². The first-order chi connectivity index (χ1) is 10.1. The lowest BCUT2D eigenvalue weighted by molar-refractivity contribution is -0.138. The maximum absolute atomic E-state index is 11.5. The number of hydrogen-bond donors (Lipinski definition) is 1. The molecule has 0 saturated heterocycles. The number of carboxylic acid groups (broad SMARTS) is 1. The molecule has 1 atom stereocenters. The van der Waals surface area contributed by atoms with E-state index in [1.807, 2.05) is 68.4 Å². The van der Waals surface area contributed by atoms with Crippen LogP contribution in [0.4, 0.5) is 0 Å². The van der Waals surface area contributed by atoms with E-state index in [0.29, 0.717) is 6.42 Å². The fraction of sp³-hybridized carbons (Fsp3) is 0.278. The zero-order valence-corrected chi connectivity index (χ0v) is 12.3. The number of carboxylic acids is 1. The molecule has 0 aromatic heterocycles. The van der Waals surface area contributed by atoms with Gasteiger partial charge in [-0.25, -0.2) is 0 Å². The molecule has 0 spiro atoms. The van der Waals surface area contributed by atoms with Crippen molar-refractivity contribution in [3.8, 4) is 5.75 Å². The van der Waals surface area contributed by atoms with E-state index in [9.17, 15) is 9.90 Å². The highest BCUT2D eigenvalue weighted by Crippen LogP contribution is 2.23. The summed E-state index contributed by atoms with van der Waals surface area (Å²) in [5.74, 6) is -0.573. The quantitative estimate of drug-likeness (QED) is 0.875. The van der Waals surface area contributed by atoms with Crippen molar-refractivity contribution in [3.63, 3.8) is 0 Å². The number of hydrogen-bond acceptors (Lipinski definition) is 2. The molecular weight excluding hydrogens is 264 g/mol. The van der Waals surface area contributed by atoms with Crippen LogP contribution in [-0.2, 0) is 11.2 Å². The highest BCUT2D eigenvalue weighted by Gasteiger charge is 2.20. The molecule has 3 heteroatoms. The maximum Gasteiger partial charge on any atom is 0.311 e. The minimum atomic E-state index is -0.809. The van der Waals surface area contributed by atoms with Crippen molar-refractivity contribution >= 4 is 5.97 Å². The van der Waals surface area contributed by atoms with Gasteiger partial charge < -0.3 is 9.84 Å². The molecule has 1 N–H and O–H groups in total. The molecule has 0 saturated carbocycles. The average molecular weight is 284 g/mol. The Morgan fingerprint density at radius 1 is 1.10 bits per heavy atom. The molecule has 0 amide bonds. The SMILES string of the molecule is CC(C)Oc1cccc(CC(C(=O)O)c2ccccc2)c1. The second kappa shape index (κ2) is 6.93. The summed E-state index contributed by atoms with van der Waals surface area (Å²) in [6, 6.07) is 17.0. The van der Waals surface area contributed by atoms with Crippen molar-refractivity contribution in [1.29, 1.82) is 0 Å². The predicted molar refractivity (Wildman–Crippen MR) is 82.7 cm³/mol. The molecule has 21 heavy (non-hydrogen) atoms. The lowest BCUT2D eigenvalue weighted by Crippen LogP contribution is -2.14. The molecule has 0 fully saturated rings. The molecule has 1 unspecified atom stereocenters. The summed E-state index contributed by atoms with van der Waals surface area (Å²) in [7, 11) is 0. The number of carbonyl (C=O) groups is 1. The summed E-state index contributed by atoms with van der Waals surface area (Å²) >= 11 is 0. The van der Waals surface area contributed by atoms with Crippen LogP contribution >= 0.6 is 0 Å². The van der Waals surface area contributed by atoms with Gasteiger partial charge in [-0.2, -0.15) is 0 Å². The van der Waals surface area contributed by atoms with Crippen molar-refractivity contribution in [1.82, 2.24) is 0 Å². The summed E-state index contributed by atoms with van der Waals surface area (Å²) < 4.78 is 5.66. The molecule has 0 radical (unpaired) electrons. The van der Waals surface area contributed by atoms with Gasteiger partial charge in [-0.15, -0.1) is 0 Å². The van der Waals surface area contributed by atoms with Gasteiger partial charge in [-0.05, 0) is 43.5 Å². The molecule has 2 rings (SSSR count). The standard InChI is InChI=1S/C18H20O3/c1-13(2)21-16-10-6-7-14(11-16)12-17(18(19)20)15-8-4-3-5-9-15/h3-11,13,17H,12H2,1-2H3,(H,19,20). The summed E-state index contributed by atoms with van der Waals surface area (Å²) in [5.41, 5.74) is 1.78. The number of aliphatic carboxylic acids is 1. The van der Waals surface area contributed by atoms with Gasteiger partial charge in [0.05, 0.1) is 12.0 Å². The number of rotatable bonds is 6. The Morgan fingerprint density at radius 3 is 2.43 bits per heavy atom. The largest absolute Gasteiger partial charge is 0.491 e. The fourth-order valence-electron chi connectivity index (χ4n) is 2.29. The molecule has 110 valence electrons. The fourth-order valence-corrected chi connectivity index (χ4v) is 2.29. The van der Waals surface area contributed by atoms with Gasteiger partial charge in [0.1, 0.15) is 5.75 Å². The molecule has 0 aliphatic heterocycles. The molecular formula is C18H20O3. The van der Waals surface area contributed by atoms with Crippen LogP contribution in [0.15, 0.2) is 54.6 Å². The van der Waals surface area contributed by atoms with Gasteiger partial charge in [0.25, 0.3) is 0 Å². The van der Waals surface area contributed by atoms with Crippen molar-refractivity contribution in [2.24, 2.45) is 0 Å². The van der Waals surface area contributed by atoms with Crippen LogP contribution in [0.3, 0.4) is 0 Å². The van der Waals surface area contributed by atoms with Crippen molar-refractivity contribution in [2.45, 2.75) is 32.3 Å². The molecule has 2 aromatic rings. The number of ether oxygens (including phenoxy) is 1. The lowest BCUT2D eigenvalue weighted by atomic mass is 9.92. The van der Waals surface area contributed by atoms with Crippen LogP contribution < -0.4 is 4.74 Å². The molecule has 3 nitrogen and oxygen atoms in total. The normalized spacial score (nSPS) is 12.1. The molecule has 0 aliphatic carbocycles. The molecule has 0 heterocycles. The van der Waals surface area contributed by atoms with Gasteiger partial charge in [0.2, 0.25) is 0 Å². The van der Waals surface area contributed by atoms with Crippen molar-refractivity contribution in [2.75, 3.05) is 0 Å². The summed E-state index contributed by atoms with van der Waals surface area (Å²) in [6.07, 6.45) is 0.555. The minimum Gasteiger partial charge on any atom is -0.491 e. The lowest BCUT2D eigenvalue weighted by Gasteiger charge is -2.15. The Bertz CT molecular complexity index is 590. The highest BCUT2D eigenvalue weighted by molar-refractivity contribution is 5.76. The first-order valence-corrected chi connectivity index (χ1v) is 7.09. The second-order valence-corrected chi connectivity index (χ2v) is 5.32. The average Bonchev–Trinajstić information content (AvgIpc) is 2.45. The third kappa shape index (κ3) is 4.35. The maximum atomic E-state index is 11.5. The summed E-state index contributed by atoms with van der Waals surface area (Å²) in [5, 5.41) is 9.47. The smallest absolute Gasteiger partial charge is 0.311 e. The Hall–Kier alpha value is -2.29. The van der Waals surface area contributed by atoms with E-state index in [1.54, 1.807) is 0 Å². The van der Waals surface area contributed by atoms with Gasteiger partial charge in [0.15, 0.2) is 0 Å². The molecule has 2 aromatic carbocycles. The van der Waals surface area contributed by atoms with Crippen LogP contribution in [0.5, 0.6) is 5.75 Å². The summed E-state index contributed by atoms with van der Waals surface area (Å²) in [4.78, 5) is 11.5. The van der Waals surface area contributed by atoms with E-state index >= 15 is 0 Å². The van der Waals surface area contributed by atoms with E-state index in [4.69, 9.17) is 4.74 Å². The highest BCUT2D eigenvalue weighted by atomic mass is 16.5. The minimum absolute atomic E-state index is 0.102. The van der Waals surface area contributed by atoms with Gasteiger partial charge in [-0.1, -0.05) is 42.5 Å². The van der Waals surface area contributed by atoms with Gasteiger partial charge in [-0.3, -0.25) is 4.79 Å². The molecule has 0 aliphatic rings. The van der Waals surface area contributed by atoms with Crippen LogP contribution in [-0.4, -0.2) is 17.2 Å². The first kappa shape index (κ1) is 15.1.